The van der Waals surface area contributed by atoms with Gasteiger partial charge in [0.05, 0.1) is 7.11 Å². The summed E-state index contributed by atoms with van der Waals surface area (Å²) >= 11 is 0. The summed E-state index contributed by atoms with van der Waals surface area (Å²) in [6, 6.07) is 5.78. The zero-order chi connectivity index (χ0) is 17.1. The fourth-order valence-corrected chi connectivity index (χ4v) is 1.95. The van der Waals surface area contributed by atoms with Gasteiger partial charge in [0.25, 0.3) is 0 Å². The molecule has 1 aromatic carbocycles. The van der Waals surface area contributed by atoms with Crippen molar-refractivity contribution < 1.29 is 9.47 Å². The second-order valence-electron chi connectivity index (χ2n) is 5.51. The van der Waals surface area contributed by atoms with Crippen LogP contribution >= 0.6 is 0 Å². The quantitative estimate of drug-likeness (QED) is 0.439. The molecule has 2 N–H and O–H groups in total. The molecule has 0 heterocycles. The molecule has 0 bridgehead atoms. The van der Waals surface area contributed by atoms with E-state index in [4.69, 9.17) is 15.9 Å². The Bertz CT molecular complexity index is 548. The van der Waals surface area contributed by atoms with E-state index in [2.05, 4.69) is 35.4 Å². The van der Waals surface area contributed by atoms with Gasteiger partial charge in [0, 0.05) is 20.1 Å². The maximum absolute atomic E-state index is 5.51. The van der Waals surface area contributed by atoms with Gasteiger partial charge in [0.15, 0.2) is 17.5 Å². The SMILES string of the molecule is C#CCOc1cc(CNC(=NC)NCCC(C)C)ccc1OC. The van der Waals surface area contributed by atoms with Crippen LogP contribution in [0.4, 0.5) is 0 Å². The number of terminal acetylenes is 1. The van der Waals surface area contributed by atoms with Crippen LogP contribution in [-0.2, 0) is 6.54 Å². The number of guanidine groups is 1. The maximum atomic E-state index is 5.51. The molecule has 0 unspecified atom stereocenters. The van der Waals surface area contributed by atoms with Gasteiger partial charge in [-0.3, -0.25) is 4.99 Å². The number of ether oxygens (including phenoxy) is 2. The van der Waals surface area contributed by atoms with Gasteiger partial charge in [-0.15, -0.1) is 6.42 Å². The number of nitrogens with zero attached hydrogens (tertiary/aromatic N) is 1. The van der Waals surface area contributed by atoms with E-state index in [1.165, 1.54) is 0 Å². The van der Waals surface area contributed by atoms with Crippen molar-refractivity contribution in [2.45, 2.75) is 26.8 Å². The van der Waals surface area contributed by atoms with Crippen molar-refractivity contribution in [1.82, 2.24) is 10.6 Å². The number of hydrogen-bond donors (Lipinski definition) is 2. The minimum Gasteiger partial charge on any atom is -0.493 e. The molecular formula is C18H27N3O2. The molecule has 0 amide bonds. The van der Waals surface area contributed by atoms with Crippen molar-refractivity contribution in [2.75, 3.05) is 27.3 Å². The lowest BCUT2D eigenvalue weighted by Crippen LogP contribution is -2.37. The van der Waals surface area contributed by atoms with E-state index >= 15 is 0 Å². The van der Waals surface area contributed by atoms with Crippen LogP contribution in [0, 0.1) is 18.3 Å². The first-order valence-corrected chi connectivity index (χ1v) is 7.78. The highest BCUT2D eigenvalue weighted by atomic mass is 16.5. The van der Waals surface area contributed by atoms with E-state index in [0.717, 1.165) is 24.5 Å². The molecule has 0 atom stereocenters. The topological polar surface area (TPSA) is 54.9 Å². The van der Waals surface area contributed by atoms with Gasteiger partial charge in [-0.25, -0.2) is 0 Å². The van der Waals surface area contributed by atoms with Gasteiger partial charge in [-0.1, -0.05) is 25.8 Å². The normalized spacial score (nSPS) is 11.0. The van der Waals surface area contributed by atoms with Gasteiger partial charge in [-0.05, 0) is 30.0 Å². The highest BCUT2D eigenvalue weighted by Crippen LogP contribution is 2.27. The Morgan fingerprint density at radius 3 is 2.70 bits per heavy atom. The third-order valence-electron chi connectivity index (χ3n) is 3.24. The summed E-state index contributed by atoms with van der Waals surface area (Å²) in [5.41, 5.74) is 1.06. The average molecular weight is 317 g/mol. The molecular weight excluding hydrogens is 290 g/mol. The number of benzene rings is 1. The number of nitrogens with one attached hydrogen (secondary N) is 2. The molecule has 23 heavy (non-hydrogen) atoms. The predicted octanol–water partition coefficient (Wildman–Crippen LogP) is 2.42. The first kappa shape index (κ1) is 18.7. The third kappa shape index (κ3) is 6.96. The van der Waals surface area contributed by atoms with E-state index in [0.29, 0.717) is 24.0 Å². The molecule has 0 aliphatic carbocycles. The summed E-state index contributed by atoms with van der Waals surface area (Å²) in [6.07, 6.45) is 6.34. The van der Waals surface area contributed by atoms with Crippen molar-refractivity contribution in [3.8, 4) is 23.8 Å². The second kappa shape index (κ2) is 10.4. The van der Waals surface area contributed by atoms with Crippen LogP contribution in [0.2, 0.25) is 0 Å². The van der Waals surface area contributed by atoms with Crippen molar-refractivity contribution in [2.24, 2.45) is 10.9 Å². The molecule has 5 heteroatoms. The lowest BCUT2D eigenvalue weighted by molar-refractivity contribution is 0.330. The summed E-state index contributed by atoms with van der Waals surface area (Å²) in [4.78, 5) is 4.22. The van der Waals surface area contributed by atoms with Crippen LogP contribution in [-0.4, -0.2) is 33.3 Å². The minimum atomic E-state index is 0.214. The van der Waals surface area contributed by atoms with Crippen molar-refractivity contribution in [3.05, 3.63) is 23.8 Å². The van der Waals surface area contributed by atoms with Gasteiger partial charge < -0.3 is 20.1 Å². The van der Waals surface area contributed by atoms with Gasteiger partial charge in [-0.2, -0.15) is 0 Å². The number of rotatable bonds is 8. The van der Waals surface area contributed by atoms with Crippen LogP contribution in [0.5, 0.6) is 11.5 Å². The van der Waals surface area contributed by atoms with Gasteiger partial charge in [0.2, 0.25) is 0 Å². The molecule has 0 saturated heterocycles. The van der Waals surface area contributed by atoms with E-state index in [1.54, 1.807) is 14.2 Å². The van der Waals surface area contributed by atoms with E-state index in [-0.39, 0.29) is 6.61 Å². The Morgan fingerprint density at radius 2 is 2.09 bits per heavy atom. The molecule has 0 aliphatic heterocycles. The molecule has 5 nitrogen and oxygen atoms in total. The highest BCUT2D eigenvalue weighted by molar-refractivity contribution is 5.79. The summed E-state index contributed by atoms with van der Waals surface area (Å²) in [7, 11) is 3.37. The lowest BCUT2D eigenvalue weighted by atomic mass is 10.1. The largest absolute Gasteiger partial charge is 0.493 e. The molecule has 0 spiro atoms. The summed E-state index contributed by atoms with van der Waals surface area (Å²) < 4.78 is 10.8. The average Bonchev–Trinajstić information content (AvgIpc) is 2.55. The summed E-state index contributed by atoms with van der Waals surface area (Å²) in [6.45, 7) is 6.15. The van der Waals surface area contributed by atoms with Crippen LogP contribution in [0.3, 0.4) is 0 Å². The number of methoxy groups -OCH3 is 1. The zero-order valence-corrected chi connectivity index (χ0v) is 14.5. The van der Waals surface area contributed by atoms with Gasteiger partial charge in [0.1, 0.15) is 6.61 Å². The molecule has 0 saturated carbocycles. The molecule has 1 rings (SSSR count). The van der Waals surface area contributed by atoms with E-state index < -0.39 is 0 Å². The van der Waals surface area contributed by atoms with Gasteiger partial charge >= 0.3 is 0 Å². The number of hydrogen-bond acceptors (Lipinski definition) is 3. The fraction of sp³-hybridized carbons (Fsp3) is 0.500. The molecule has 0 radical (unpaired) electrons. The summed E-state index contributed by atoms with van der Waals surface area (Å²) in [5, 5.41) is 6.58. The molecule has 0 aliphatic rings. The van der Waals surface area contributed by atoms with Crippen LogP contribution in [0.1, 0.15) is 25.8 Å². The minimum absolute atomic E-state index is 0.214. The first-order valence-electron chi connectivity index (χ1n) is 7.78. The van der Waals surface area contributed by atoms with Crippen molar-refractivity contribution >= 4 is 5.96 Å². The Morgan fingerprint density at radius 1 is 1.30 bits per heavy atom. The maximum Gasteiger partial charge on any atom is 0.191 e. The van der Waals surface area contributed by atoms with Crippen LogP contribution in [0.25, 0.3) is 0 Å². The molecule has 0 fully saturated rings. The molecule has 126 valence electrons. The van der Waals surface area contributed by atoms with Crippen molar-refractivity contribution in [1.29, 1.82) is 0 Å². The van der Waals surface area contributed by atoms with Crippen LogP contribution in [0.15, 0.2) is 23.2 Å². The zero-order valence-electron chi connectivity index (χ0n) is 14.5. The number of aliphatic imine (C=N–C) groups is 1. The second-order valence-corrected chi connectivity index (χ2v) is 5.51. The van der Waals surface area contributed by atoms with Crippen LogP contribution < -0.4 is 20.1 Å². The molecule has 1 aromatic rings. The Labute approximate surface area is 139 Å². The van der Waals surface area contributed by atoms with E-state index in [9.17, 15) is 0 Å². The third-order valence-corrected chi connectivity index (χ3v) is 3.24. The molecule has 0 aromatic heterocycles. The fourth-order valence-electron chi connectivity index (χ4n) is 1.95. The first-order chi connectivity index (χ1) is 11.1. The Balaban J connectivity index is 2.60. The highest BCUT2D eigenvalue weighted by Gasteiger charge is 2.06. The smallest absolute Gasteiger partial charge is 0.191 e. The van der Waals surface area contributed by atoms with Crippen molar-refractivity contribution in [3.63, 3.8) is 0 Å². The Kier molecular flexibility index (Phi) is 8.45. The van der Waals surface area contributed by atoms with E-state index in [1.807, 2.05) is 18.2 Å². The predicted molar refractivity (Wildman–Crippen MR) is 95.0 cm³/mol. The standard InChI is InChI=1S/C18H27N3O2/c1-6-11-23-17-12-15(7-8-16(17)22-5)13-21-18(19-4)20-10-9-14(2)3/h1,7-8,12,14H,9-11,13H2,2-5H3,(H2,19,20,21). The summed E-state index contributed by atoms with van der Waals surface area (Å²) in [5.74, 6) is 5.22. The monoisotopic (exact) mass is 317 g/mol. The Hall–Kier alpha value is -2.35. The lowest BCUT2D eigenvalue weighted by Gasteiger charge is -2.14.